The SMILES string of the molecule is COc1ccc(-c2noc(=O)n2Cc2nc3ccccc3c3ccccc23)cc1OC. The van der Waals surface area contributed by atoms with Crippen LogP contribution in [0.4, 0.5) is 0 Å². The van der Waals surface area contributed by atoms with E-state index in [9.17, 15) is 4.79 Å². The van der Waals surface area contributed by atoms with Crippen molar-refractivity contribution in [3.63, 3.8) is 0 Å². The van der Waals surface area contributed by atoms with Gasteiger partial charge in [-0.15, -0.1) is 0 Å². The normalized spacial score (nSPS) is 11.2. The van der Waals surface area contributed by atoms with Crippen LogP contribution in [0.15, 0.2) is 76.0 Å². The first kappa shape index (κ1) is 18.9. The Bertz CT molecular complexity index is 1470. The second-order valence-corrected chi connectivity index (χ2v) is 7.05. The highest BCUT2D eigenvalue weighted by Gasteiger charge is 2.18. The van der Waals surface area contributed by atoms with Crippen LogP contribution in [-0.2, 0) is 6.54 Å². The van der Waals surface area contributed by atoms with Gasteiger partial charge in [0.2, 0.25) is 0 Å². The molecule has 0 aliphatic heterocycles. The van der Waals surface area contributed by atoms with Gasteiger partial charge in [0.25, 0.3) is 0 Å². The van der Waals surface area contributed by atoms with E-state index < -0.39 is 5.76 Å². The molecule has 0 aliphatic carbocycles. The first-order chi connectivity index (χ1) is 15.2. The van der Waals surface area contributed by atoms with Crippen LogP contribution in [0.25, 0.3) is 33.1 Å². The van der Waals surface area contributed by atoms with Crippen LogP contribution < -0.4 is 15.2 Å². The minimum atomic E-state index is -0.552. The van der Waals surface area contributed by atoms with E-state index in [0.29, 0.717) is 22.9 Å². The number of benzene rings is 3. The van der Waals surface area contributed by atoms with Gasteiger partial charge in [0.15, 0.2) is 17.3 Å². The van der Waals surface area contributed by atoms with E-state index in [2.05, 4.69) is 17.3 Å². The van der Waals surface area contributed by atoms with Crippen molar-refractivity contribution in [2.24, 2.45) is 0 Å². The van der Waals surface area contributed by atoms with Crippen LogP contribution in [-0.4, -0.2) is 28.9 Å². The number of methoxy groups -OCH3 is 2. The fourth-order valence-electron chi connectivity index (χ4n) is 3.84. The summed E-state index contributed by atoms with van der Waals surface area (Å²) in [7, 11) is 3.13. The summed E-state index contributed by atoms with van der Waals surface area (Å²) in [6.07, 6.45) is 0. The third-order valence-corrected chi connectivity index (χ3v) is 5.32. The lowest BCUT2D eigenvalue weighted by atomic mass is 10.0. The van der Waals surface area contributed by atoms with Gasteiger partial charge in [-0.3, -0.25) is 14.1 Å². The summed E-state index contributed by atoms with van der Waals surface area (Å²) in [5, 5.41) is 7.14. The Hall–Kier alpha value is -4.13. The molecule has 0 saturated carbocycles. The smallest absolute Gasteiger partial charge is 0.442 e. The molecule has 2 aromatic heterocycles. The lowest BCUT2D eigenvalue weighted by molar-refractivity contribution is 0.355. The molecule has 0 bridgehead atoms. The maximum Gasteiger partial charge on any atom is 0.442 e. The zero-order valence-electron chi connectivity index (χ0n) is 17.0. The highest BCUT2D eigenvalue weighted by molar-refractivity contribution is 6.06. The molecule has 3 aromatic carbocycles. The number of fused-ring (bicyclic) bond motifs is 3. The van der Waals surface area contributed by atoms with Gasteiger partial charge >= 0.3 is 5.76 Å². The molecule has 0 N–H and O–H groups in total. The Kier molecular flexibility index (Phi) is 4.63. The Morgan fingerprint density at radius 2 is 1.58 bits per heavy atom. The van der Waals surface area contributed by atoms with E-state index >= 15 is 0 Å². The van der Waals surface area contributed by atoms with E-state index in [1.807, 2.05) is 36.4 Å². The highest BCUT2D eigenvalue weighted by Crippen LogP contribution is 2.32. The second kappa shape index (κ2) is 7.60. The van der Waals surface area contributed by atoms with Gasteiger partial charge in [0, 0.05) is 16.3 Å². The van der Waals surface area contributed by atoms with Crippen LogP contribution in [0.1, 0.15) is 5.69 Å². The largest absolute Gasteiger partial charge is 0.493 e. The van der Waals surface area contributed by atoms with Crippen molar-refractivity contribution >= 4 is 21.7 Å². The van der Waals surface area contributed by atoms with Crippen molar-refractivity contribution in [1.82, 2.24) is 14.7 Å². The van der Waals surface area contributed by atoms with Gasteiger partial charge in [-0.1, -0.05) is 47.6 Å². The van der Waals surface area contributed by atoms with Gasteiger partial charge < -0.3 is 9.47 Å². The van der Waals surface area contributed by atoms with Crippen molar-refractivity contribution < 1.29 is 14.0 Å². The van der Waals surface area contributed by atoms with E-state index in [4.69, 9.17) is 19.0 Å². The summed E-state index contributed by atoms with van der Waals surface area (Å²) in [5.74, 6) is 0.968. The number of hydrogen-bond acceptors (Lipinski definition) is 6. The molecular formula is C24H19N3O4. The molecule has 5 rings (SSSR count). The zero-order chi connectivity index (χ0) is 21.4. The summed E-state index contributed by atoms with van der Waals surface area (Å²) < 4.78 is 17.2. The van der Waals surface area contributed by atoms with Crippen LogP contribution in [0, 0.1) is 0 Å². The first-order valence-corrected chi connectivity index (χ1v) is 9.75. The maximum atomic E-state index is 12.5. The van der Waals surface area contributed by atoms with Gasteiger partial charge in [-0.05, 0) is 29.7 Å². The Balaban J connectivity index is 1.66. The predicted octanol–water partition coefficient (Wildman–Crippen LogP) is 4.27. The summed E-state index contributed by atoms with van der Waals surface area (Å²) >= 11 is 0. The minimum absolute atomic E-state index is 0.220. The molecule has 0 aliphatic rings. The minimum Gasteiger partial charge on any atom is -0.493 e. The van der Waals surface area contributed by atoms with E-state index in [1.165, 1.54) is 4.57 Å². The van der Waals surface area contributed by atoms with Crippen LogP contribution >= 0.6 is 0 Å². The summed E-state index contributed by atoms with van der Waals surface area (Å²) in [4.78, 5) is 17.4. The molecule has 0 atom stereocenters. The van der Waals surface area contributed by atoms with E-state index in [-0.39, 0.29) is 6.54 Å². The van der Waals surface area contributed by atoms with Crippen LogP contribution in [0.2, 0.25) is 0 Å². The molecule has 2 heterocycles. The molecule has 0 radical (unpaired) electrons. The van der Waals surface area contributed by atoms with E-state index in [0.717, 1.165) is 27.4 Å². The molecule has 0 unspecified atom stereocenters. The van der Waals surface area contributed by atoms with Gasteiger partial charge in [0.05, 0.1) is 32.0 Å². The van der Waals surface area contributed by atoms with Crippen molar-refractivity contribution in [1.29, 1.82) is 0 Å². The van der Waals surface area contributed by atoms with Gasteiger partial charge in [-0.25, -0.2) is 4.79 Å². The molecule has 0 saturated heterocycles. The zero-order valence-corrected chi connectivity index (χ0v) is 17.0. The lowest BCUT2D eigenvalue weighted by Gasteiger charge is -2.12. The average Bonchev–Trinajstić information content (AvgIpc) is 3.18. The van der Waals surface area contributed by atoms with Crippen molar-refractivity contribution in [3.05, 3.63) is 83.0 Å². The molecular weight excluding hydrogens is 394 g/mol. The molecule has 7 nitrogen and oxygen atoms in total. The second-order valence-electron chi connectivity index (χ2n) is 7.05. The summed E-state index contributed by atoms with van der Waals surface area (Å²) in [6, 6.07) is 21.3. The molecule has 0 spiro atoms. The molecule has 5 aromatic rings. The number of pyridine rings is 1. The number of para-hydroxylation sites is 1. The number of aromatic nitrogens is 3. The maximum absolute atomic E-state index is 12.5. The molecule has 7 heteroatoms. The standard InChI is InChI=1S/C24H19N3O4/c1-29-21-12-11-15(13-22(21)30-2)23-26-31-24(28)27(23)14-20-18-9-4-3-7-16(18)17-8-5-6-10-19(17)25-20/h3-13H,14H2,1-2H3. The fraction of sp³-hybridized carbons (Fsp3) is 0.125. The number of ether oxygens (including phenoxy) is 2. The number of hydrogen-bond donors (Lipinski definition) is 0. The third kappa shape index (κ3) is 3.20. The van der Waals surface area contributed by atoms with Crippen molar-refractivity contribution in [3.8, 4) is 22.9 Å². The number of rotatable bonds is 5. The van der Waals surface area contributed by atoms with Gasteiger partial charge in [0.1, 0.15) is 0 Å². The van der Waals surface area contributed by atoms with E-state index in [1.54, 1.807) is 32.4 Å². The number of nitrogens with zero attached hydrogens (tertiary/aromatic N) is 3. The van der Waals surface area contributed by atoms with Crippen LogP contribution in [0.3, 0.4) is 0 Å². The Labute approximate surface area is 177 Å². The predicted molar refractivity (Wildman–Crippen MR) is 118 cm³/mol. The Morgan fingerprint density at radius 3 is 2.35 bits per heavy atom. The van der Waals surface area contributed by atoms with Crippen molar-refractivity contribution in [2.45, 2.75) is 6.54 Å². The molecule has 0 fully saturated rings. The molecule has 154 valence electrons. The molecule has 31 heavy (non-hydrogen) atoms. The topological polar surface area (TPSA) is 79.4 Å². The summed E-state index contributed by atoms with van der Waals surface area (Å²) in [5.41, 5.74) is 2.31. The van der Waals surface area contributed by atoms with Crippen molar-refractivity contribution in [2.75, 3.05) is 14.2 Å². The molecule has 0 amide bonds. The fourth-order valence-corrected chi connectivity index (χ4v) is 3.84. The first-order valence-electron chi connectivity index (χ1n) is 9.75. The highest BCUT2D eigenvalue weighted by atomic mass is 16.5. The van der Waals surface area contributed by atoms with Gasteiger partial charge in [-0.2, -0.15) is 0 Å². The average molecular weight is 413 g/mol. The monoisotopic (exact) mass is 413 g/mol. The third-order valence-electron chi connectivity index (χ3n) is 5.32. The Morgan fingerprint density at radius 1 is 0.871 bits per heavy atom. The summed E-state index contributed by atoms with van der Waals surface area (Å²) in [6.45, 7) is 0.220. The quantitative estimate of drug-likeness (QED) is 0.401. The van der Waals surface area contributed by atoms with Crippen LogP contribution in [0.5, 0.6) is 11.5 Å². The lowest BCUT2D eigenvalue weighted by Crippen LogP contribution is -2.17.